The zero-order valence-corrected chi connectivity index (χ0v) is 10.6. The third-order valence-corrected chi connectivity index (χ3v) is 3.96. The van der Waals surface area contributed by atoms with Crippen LogP contribution in [0.4, 0.5) is 0 Å². The van der Waals surface area contributed by atoms with Crippen LogP contribution < -0.4 is 0 Å². The van der Waals surface area contributed by atoms with Crippen LogP contribution in [0.15, 0.2) is 24.3 Å². The molecule has 0 amide bonds. The molecule has 0 N–H and O–H groups in total. The fourth-order valence-corrected chi connectivity index (χ4v) is 2.55. The molecule has 0 aliphatic heterocycles. The zero-order valence-electron chi connectivity index (χ0n) is 10.6. The van der Waals surface area contributed by atoms with E-state index < -0.39 is 0 Å². The van der Waals surface area contributed by atoms with Crippen LogP contribution in [0, 0.1) is 17.8 Å². The van der Waals surface area contributed by atoms with Gasteiger partial charge < -0.3 is 4.74 Å². The Morgan fingerprint density at radius 1 is 1.18 bits per heavy atom. The van der Waals surface area contributed by atoms with Gasteiger partial charge in [-0.05, 0) is 43.9 Å². The summed E-state index contributed by atoms with van der Waals surface area (Å²) >= 11 is 0. The predicted molar refractivity (Wildman–Crippen MR) is 68.5 cm³/mol. The van der Waals surface area contributed by atoms with Crippen molar-refractivity contribution >= 4 is 5.97 Å². The third-order valence-electron chi connectivity index (χ3n) is 3.96. The van der Waals surface area contributed by atoms with E-state index in [-0.39, 0.29) is 11.9 Å². The topological polar surface area (TPSA) is 26.3 Å². The van der Waals surface area contributed by atoms with Crippen LogP contribution in [-0.2, 0) is 9.53 Å². The van der Waals surface area contributed by atoms with Crippen molar-refractivity contribution in [1.29, 1.82) is 0 Å². The summed E-state index contributed by atoms with van der Waals surface area (Å²) in [5.74, 6) is 1.27. The largest absolute Gasteiger partial charge is 0.465 e. The highest BCUT2D eigenvalue weighted by Gasteiger charge is 2.24. The molecule has 0 radical (unpaired) electrons. The van der Waals surface area contributed by atoms with Crippen molar-refractivity contribution in [3.63, 3.8) is 0 Å². The van der Waals surface area contributed by atoms with Crippen molar-refractivity contribution in [3.8, 4) is 0 Å². The summed E-state index contributed by atoms with van der Waals surface area (Å²) in [6.45, 7) is 2.84. The lowest BCUT2D eigenvalue weighted by Crippen LogP contribution is -2.25. The molecule has 2 rings (SSSR count). The molecule has 3 unspecified atom stereocenters. The maximum Gasteiger partial charge on any atom is 0.309 e. The molecule has 0 aromatic rings. The highest BCUT2D eigenvalue weighted by Crippen LogP contribution is 2.26. The maximum absolute atomic E-state index is 11.9. The van der Waals surface area contributed by atoms with Crippen LogP contribution in [0.2, 0.25) is 0 Å². The fourth-order valence-electron chi connectivity index (χ4n) is 2.55. The Kier molecular flexibility index (Phi) is 4.41. The molecule has 3 atom stereocenters. The monoisotopic (exact) mass is 234 g/mol. The van der Waals surface area contributed by atoms with Crippen LogP contribution in [0.3, 0.4) is 0 Å². The second kappa shape index (κ2) is 6.04. The first-order valence-corrected chi connectivity index (χ1v) is 6.74. The van der Waals surface area contributed by atoms with Gasteiger partial charge in [0.25, 0.3) is 0 Å². The molecule has 0 aromatic carbocycles. The Hall–Kier alpha value is -1.05. The lowest BCUT2D eigenvalue weighted by molar-refractivity contribution is -0.150. The van der Waals surface area contributed by atoms with E-state index in [1.165, 1.54) is 0 Å². The molecule has 0 spiro atoms. The molecule has 17 heavy (non-hydrogen) atoms. The molecule has 2 heteroatoms. The molecule has 0 fully saturated rings. The van der Waals surface area contributed by atoms with Crippen LogP contribution in [-0.4, -0.2) is 12.6 Å². The molecule has 0 bridgehead atoms. The molecule has 2 aliphatic rings. The van der Waals surface area contributed by atoms with Gasteiger partial charge in [0.1, 0.15) is 0 Å². The summed E-state index contributed by atoms with van der Waals surface area (Å²) in [5, 5.41) is 0. The van der Waals surface area contributed by atoms with Crippen LogP contribution >= 0.6 is 0 Å². The van der Waals surface area contributed by atoms with Gasteiger partial charge in [0.2, 0.25) is 0 Å². The zero-order chi connectivity index (χ0) is 12.1. The average molecular weight is 234 g/mol. The second-order valence-electron chi connectivity index (χ2n) is 5.29. The summed E-state index contributed by atoms with van der Waals surface area (Å²) < 4.78 is 5.48. The van der Waals surface area contributed by atoms with Crippen molar-refractivity contribution in [1.82, 2.24) is 0 Å². The minimum Gasteiger partial charge on any atom is -0.465 e. The molecular weight excluding hydrogens is 212 g/mol. The first-order chi connectivity index (χ1) is 8.27. The number of carbonyl (C=O) groups excluding carboxylic acids is 1. The molecule has 0 saturated heterocycles. The predicted octanol–water partition coefficient (Wildman–Crippen LogP) is 3.49. The third kappa shape index (κ3) is 3.45. The van der Waals surface area contributed by atoms with Crippen molar-refractivity contribution < 1.29 is 9.53 Å². The summed E-state index contributed by atoms with van der Waals surface area (Å²) in [7, 11) is 0. The fraction of sp³-hybridized carbons (Fsp3) is 0.667. The van der Waals surface area contributed by atoms with Crippen LogP contribution in [0.1, 0.15) is 39.0 Å². The van der Waals surface area contributed by atoms with Gasteiger partial charge in [-0.15, -0.1) is 0 Å². The standard InChI is InChI=1S/C15H22O2/c1-12-7-5-6-10-14(12)11-17-15(16)13-8-3-2-4-9-13/h2-3,5-6,12-14H,4,7-11H2,1H3. The molecule has 2 aliphatic carbocycles. The normalized spacial score (nSPS) is 32.4. The van der Waals surface area contributed by atoms with Crippen LogP contribution in [0.25, 0.3) is 0 Å². The van der Waals surface area contributed by atoms with Gasteiger partial charge in [-0.2, -0.15) is 0 Å². The Morgan fingerprint density at radius 3 is 2.65 bits per heavy atom. The van der Waals surface area contributed by atoms with Gasteiger partial charge in [0.05, 0.1) is 12.5 Å². The van der Waals surface area contributed by atoms with Gasteiger partial charge in [0.15, 0.2) is 0 Å². The van der Waals surface area contributed by atoms with E-state index in [1.807, 2.05) is 0 Å². The molecule has 2 nitrogen and oxygen atoms in total. The van der Waals surface area contributed by atoms with Crippen LogP contribution in [0.5, 0.6) is 0 Å². The number of carbonyl (C=O) groups is 1. The number of hydrogen-bond donors (Lipinski definition) is 0. The molecule has 94 valence electrons. The lowest BCUT2D eigenvalue weighted by atomic mass is 9.85. The summed E-state index contributed by atoms with van der Waals surface area (Å²) in [4.78, 5) is 11.9. The number of ether oxygens (including phenoxy) is 1. The van der Waals surface area contributed by atoms with Crippen molar-refractivity contribution in [3.05, 3.63) is 24.3 Å². The molecular formula is C15H22O2. The van der Waals surface area contributed by atoms with E-state index in [9.17, 15) is 4.79 Å². The molecule has 0 aromatic heterocycles. The summed E-state index contributed by atoms with van der Waals surface area (Å²) in [5.41, 5.74) is 0. The number of allylic oxidation sites excluding steroid dienone is 4. The minimum absolute atomic E-state index is 0.0103. The van der Waals surface area contributed by atoms with Gasteiger partial charge in [-0.25, -0.2) is 0 Å². The Balaban J connectivity index is 1.75. The Labute approximate surface area is 104 Å². The van der Waals surface area contributed by atoms with Gasteiger partial charge >= 0.3 is 5.97 Å². The van der Waals surface area contributed by atoms with Gasteiger partial charge in [-0.1, -0.05) is 31.2 Å². The van der Waals surface area contributed by atoms with Crippen molar-refractivity contribution in [2.45, 2.75) is 39.0 Å². The van der Waals surface area contributed by atoms with E-state index in [0.29, 0.717) is 18.4 Å². The number of rotatable bonds is 3. The molecule has 0 heterocycles. The summed E-state index contributed by atoms with van der Waals surface area (Å²) in [6, 6.07) is 0. The first-order valence-electron chi connectivity index (χ1n) is 6.74. The van der Waals surface area contributed by atoms with E-state index in [4.69, 9.17) is 4.74 Å². The highest BCUT2D eigenvalue weighted by molar-refractivity contribution is 5.72. The van der Waals surface area contributed by atoms with E-state index in [2.05, 4.69) is 31.2 Å². The Bertz CT molecular complexity index is 317. The molecule has 0 saturated carbocycles. The van der Waals surface area contributed by atoms with E-state index in [0.717, 1.165) is 32.1 Å². The average Bonchev–Trinajstić information content (AvgIpc) is 2.38. The van der Waals surface area contributed by atoms with Crippen molar-refractivity contribution in [2.24, 2.45) is 17.8 Å². The van der Waals surface area contributed by atoms with E-state index >= 15 is 0 Å². The number of esters is 1. The SMILES string of the molecule is CC1CC=CCC1COC(=O)C1CC=CCC1. The lowest BCUT2D eigenvalue weighted by Gasteiger charge is -2.26. The maximum atomic E-state index is 11.9. The summed E-state index contributed by atoms with van der Waals surface area (Å²) in [6.07, 6.45) is 13.7. The Morgan fingerprint density at radius 2 is 1.94 bits per heavy atom. The van der Waals surface area contributed by atoms with Gasteiger partial charge in [0, 0.05) is 0 Å². The van der Waals surface area contributed by atoms with Crippen molar-refractivity contribution in [2.75, 3.05) is 6.61 Å². The quantitative estimate of drug-likeness (QED) is 0.552. The van der Waals surface area contributed by atoms with E-state index in [1.54, 1.807) is 0 Å². The smallest absolute Gasteiger partial charge is 0.309 e. The second-order valence-corrected chi connectivity index (χ2v) is 5.29. The number of hydrogen-bond acceptors (Lipinski definition) is 2. The minimum atomic E-state index is 0.0103. The highest BCUT2D eigenvalue weighted by atomic mass is 16.5. The van der Waals surface area contributed by atoms with Gasteiger partial charge in [-0.3, -0.25) is 4.79 Å². The first kappa shape index (κ1) is 12.4.